The summed E-state index contributed by atoms with van der Waals surface area (Å²) in [6, 6.07) is 15.2. The topological polar surface area (TPSA) is 51.3 Å². The normalized spacial score (nSPS) is 20.5. The third kappa shape index (κ3) is 3.68. The summed E-state index contributed by atoms with van der Waals surface area (Å²) in [6.45, 7) is 1.66. The van der Waals surface area contributed by atoms with Crippen LogP contribution >= 0.6 is 11.8 Å². The maximum absolute atomic E-state index is 13.4. The number of benzene rings is 2. The van der Waals surface area contributed by atoms with Gasteiger partial charge in [0.2, 0.25) is 5.91 Å². The Morgan fingerprint density at radius 3 is 2.80 bits per heavy atom. The second-order valence-electron chi connectivity index (χ2n) is 10.4. The van der Waals surface area contributed by atoms with E-state index in [-0.39, 0.29) is 11.9 Å². The maximum atomic E-state index is 13.4. The first kappa shape index (κ1) is 21.5. The SMILES string of the molecule is O=C(CSc1nc2ccccc2o1)N1CCn2c3c(c4cc(C5CCCCC5)ccc42)CCC[C@@H]31. The number of oxazole rings is 1. The van der Waals surface area contributed by atoms with Crippen molar-refractivity contribution < 1.29 is 9.21 Å². The Hall–Kier alpha value is -2.73. The van der Waals surface area contributed by atoms with Crippen LogP contribution in [-0.4, -0.2) is 32.7 Å². The molecule has 4 aromatic rings. The van der Waals surface area contributed by atoms with E-state index in [2.05, 4.69) is 32.7 Å². The Labute approximate surface area is 209 Å². The maximum Gasteiger partial charge on any atom is 0.257 e. The summed E-state index contributed by atoms with van der Waals surface area (Å²) in [5.74, 6) is 1.28. The van der Waals surface area contributed by atoms with Gasteiger partial charge in [0.15, 0.2) is 5.58 Å². The summed E-state index contributed by atoms with van der Waals surface area (Å²) in [6.07, 6.45) is 10.1. The molecule has 1 amide bonds. The molecule has 3 heterocycles. The second-order valence-corrected chi connectivity index (χ2v) is 11.3. The highest BCUT2D eigenvalue weighted by atomic mass is 32.2. The van der Waals surface area contributed by atoms with Gasteiger partial charge in [-0.15, -0.1) is 0 Å². The monoisotopic (exact) mass is 485 g/mol. The molecule has 1 fully saturated rings. The molecule has 3 aliphatic rings. The van der Waals surface area contributed by atoms with Gasteiger partial charge in [0.1, 0.15) is 5.52 Å². The van der Waals surface area contributed by atoms with Crippen LogP contribution in [0, 0.1) is 0 Å². The van der Waals surface area contributed by atoms with Crippen molar-refractivity contribution in [2.45, 2.75) is 75.1 Å². The lowest BCUT2D eigenvalue weighted by Gasteiger charge is -2.40. The average Bonchev–Trinajstić information content (AvgIpc) is 3.48. The summed E-state index contributed by atoms with van der Waals surface area (Å²) >= 11 is 1.41. The largest absolute Gasteiger partial charge is 0.431 e. The fraction of sp³-hybridized carbons (Fsp3) is 0.448. The number of carbonyl (C=O) groups is 1. The number of hydrogen-bond donors (Lipinski definition) is 0. The molecule has 1 aliphatic heterocycles. The highest BCUT2D eigenvalue weighted by molar-refractivity contribution is 7.99. The second kappa shape index (κ2) is 8.74. The van der Waals surface area contributed by atoms with Crippen LogP contribution in [-0.2, 0) is 17.8 Å². The molecule has 35 heavy (non-hydrogen) atoms. The van der Waals surface area contributed by atoms with E-state index in [4.69, 9.17) is 4.42 Å². The van der Waals surface area contributed by atoms with Gasteiger partial charge in [-0.05, 0) is 73.4 Å². The third-order valence-corrected chi connectivity index (χ3v) is 9.20. The molecule has 2 aromatic heterocycles. The number of para-hydroxylation sites is 2. The highest BCUT2D eigenvalue weighted by Gasteiger charge is 2.37. The lowest BCUT2D eigenvalue weighted by Crippen LogP contribution is -2.44. The minimum Gasteiger partial charge on any atom is -0.431 e. The fourth-order valence-electron chi connectivity index (χ4n) is 6.73. The van der Waals surface area contributed by atoms with Gasteiger partial charge in [-0.1, -0.05) is 49.2 Å². The molecule has 2 aliphatic carbocycles. The van der Waals surface area contributed by atoms with Crippen molar-refractivity contribution >= 4 is 39.7 Å². The van der Waals surface area contributed by atoms with Crippen molar-refractivity contribution in [2.75, 3.05) is 12.3 Å². The molecule has 180 valence electrons. The number of carbonyl (C=O) groups excluding carboxylic acids is 1. The van der Waals surface area contributed by atoms with Crippen LogP contribution in [0.25, 0.3) is 22.0 Å². The van der Waals surface area contributed by atoms with Crippen LogP contribution in [0.3, 0.4) is 0 Å². The van der Waals surface area contributed by atoms with E-state index >= 15 is 0 Å². The first-order chi connectivity index (χ1) is 17.3. The first-order valence-electron chi connectivity index (χ1n) is 13.2. The van der Waals surface area contributed by atoms with Gasteiger partial charge in [0, 0.05) is 29.7 Å². The van der Waals surface area contributed by atoms with E-state index in [1.54, 1.807) is 0 Å². The van der Waals surface area contributed by atoms with Crippen molar-refractivity contribution in [3.63, 3.8) is 0 Å². The van der Waals surface area contributed by atoms with E-state index in [1.165, 1.54) is 71.6 Å². The third-order valence-electron chi connectivity index (χ3n) is 8.39. The van der Waals surface area contributed by atoms with Gasteiger partial charge in [-0.2, -0.15) is 0 Å². The predicted molar refractivity (Wildman–Crippen MR) is 140 cm³/mol. The van der Waals surface area contributed by atoms with Gasteiger partial charge in [-0.25, -0.2) is 4.98 Å². The lowest BCUT2D eigenvalue weighted by atomic mass is 9.83. The van der Waals surface area contributed by atoms with Gasteiger partial charge in [0.25, 0.3) is 5.22 Å². The summed E-state index contributed by atoms with van der Waals surface area (Å²) in [7, 11) is 0. The molecule has 1 saturated carbocycles. The Morgan fingerprint density at radius 1 is 1.03 bits per heavy atom. The van der Waals surface area contributed by atoms with Crippen LogP contribution < -0.4 is 0 Å². The van der Waals surface area contributed by atoms with E-state index in [0.717, 1.165) is 49.4 Å². The molecule has 5 nitrogen and oxygen atoms in total. The summed E-state index contributed by atoms with van der Waals surface area (Å²) in [5, 5.41) is 2.02. The van der Waals surface area contributed by atoms with E-state index in [9.17, 15) is 4.79 Å². The first-order valence-corrected chi connectivity index (χ1v) is 14.2. The number of thioether (sulfide) groups is 1. The number of nitrogens with zero attached hydrogens (tertiary/aromatic N) is 3. The number of aryl methyl sites for hydroxylation is 1. The molecule has 1 atom stereocenters. The minimum absolute atomic E-state index is 0.189. The van der Waals surface area contributed by atoms with Crippen LogP contribution in [0.5, 0.6) is 0 Å². The van der Waals surface area contributed by atoms with Crippen molar-refractivity contribution in [1.29, 1.82) is 0 Å². The number of fused-ring (bicyclic) bond motifs is 4. The molecule has 0 unspecified atom stereocenters. The van der Waals surface area contributed by atoms with E-state index in [1.807, 2.05) is 24.3 Å². The molecular weight excluding hydrogens is 454 g/mol. The summed E-state index contributed by atoms with van der Waals surface area (Å²) in [5.41, 5.74) is 7.41. The Kier molecular flexibility index (Phi) is 5.38. The van der Waals surface area contributed by atoms with Crippen LogP contribution in [0.4, 0.5) is 0 Å². The lowest BCUT2D eigenvalue weighted by molar-refractivity contribution is -0.132. The highest BCUT2D eigenvalue weighted by Crippen LogP contribution is 2.44. The van der Waals surface area contributed by atoms with Crippen LogP contribution in [0.15, 0.2) is 52.1 Å². The van der Waals surface area contributed by atoms with Crippen LogP contribution in [0.1, 0.15) is 73.7 Å². The number of amides is 1. The molecule has 0 N–H and O–H groups in total. The standard InChI is InChI=1S/C29H31N3O2S/c33-27(18-35-29-30-23-10-4-5-12-26(23)34-29)31-15-16-32-24-14-13-20(19-7-2-1-3-8-19)17-22(24)21-9-6-11-25(31)28(21)32/h4-5,10,12-14,17,19,25H,1-3,6-9,11,15-16,18H2/t25-/m0/s1. The fourth-order valence-corrected chi connectivity index (χ4v) is 7.45. The molecule has 0 radical (unpaired) electrons. The molecule has 6 heteroatoms. The Morgan fingerprint density at radius 2 is 1.91 bits per heavy atom. The molecule has 0 bridgehead atoms. The van der Waals surface area contributed by atoms with Crippen molar-refractivity contribution in [2.24, 2.45) is 0 Å². The molecule has 0 spiro atoms. The number of aromatic nitrogens is 2. The van der Waals surface area contributed by atoms with Crippen LogP contribution in [0.2, 0.25) is 0 Å². The average molecular weight is 486 g/mol. The van der Waals surface area contributed by atoms with Gasteiger partial charge in [0.05, 0.1) is 11.8 Å². The van der Waals surface area contributed by atoms with Gasteiger partial charge >= 0.3 is 0 Å². The van der Waals surface area contributed by atoms with Gasteiger partial charge in [-0.3, -0.25) is 4.79 Å². The zero-order valence-corrected chi connectivity index (χ0v) is 20.9. The smallest absolute Gasteiger partial charge is 0.257 e. The number of rotatable bonds is 4. The van der Waals surface area contributed by atoms with Gasteiger partial charge < -0.3 is 13.9 Å². The Bertz CT molecular complexity index is 1380. The van der Waals surface area contributed by atoms with Crippen molar-refractivity contribution in [3.8, 4) is 0 Å². The molecular formula is C29H31N3O2S. The summed E-state index contributed by atoms with van der Waals surface area (Å²) in [4.78, 5) is 20.1. The van der Waals surface area contributed by atoms with E-state index in [0.29, 0.717) is 11.0 Å². The van der Waals surface area contributed by atoms with Crippen molar-refractivity contribution in [3.05, 3.63) is 59.3 Å². The minimum atomic E-state index is 0.189. The molecule has 0 saturated heterocycles. The Balaban J connectivity index is 1.15. The van der Waals surface area contributed by atoms with Crippen molar-refractivity contribution in [1.82, 2.24) is 14.5 Å². The molecule has 7 rings (SSSR count). The molecule has 2 aromatic carbocycles. The zero-order chi connectivity index (χ0) is 23.4. The number of hydrogen-bond acceptors (Lipinski definition) is 4. The van der Waals surface area contributed by atoms with E-state index < -0.39 is 0 Å². The predicted octanol–water partition coefficient (Wildman–Crippen LogP) is 6.84. The zero-order valence-electron chi connectivity index (χ0n) is 20.0. The summed E-state index contributed by atoms with van der Waals surface area (Å²) < 4.78 is 8.35. The quantitative estimate of drug-likeness (QED) is 0.297.